The van der Waals surface area contributed by atoms with E-state index in [2.05, 4.69) is 13.8 Å². The number of amidine groups is 1. The van der Waals surface area contributed by atoms with Gasteiger partial charge in [-0.05, 0) is 11.8 Å². The minimum atomic E-state index is -0.202. The van der Waals surface area contributed by atoms with Crippen LogP contribution in [0.2, 0.25) is 0 Å². The highest BCUT2D eigenvalue weighted by Gasteiger charge is 2.41. The molecule has 3 nitrogen and oxygen atoms in total. The molecule has 0 saturated carbocycles. The summed E-state index contributed by atoms with van der Waals surface area (Å²) in [6, 6.07) is 0. The van der Waals surface area contributed by atoms with E-state index in [1.54, 1.807) is 0 Å². The molecule has 2 unspecified atom stereocenters. The van der Waals surface area contributed by atoms with Crippen LogP contribution in [0.3, 0.4) is 0 Å². The minimum absolute atomic E-state index is 0.202. The van der Waals surface area contributed by atoms with Crippen LogP contribution in [0.5, 0.6) is 0 Å². The third kappa shape index (κ3) is 1.22. The van der Waals surface area contributed by atoms with E-state index in [0.717, 1.165) is 5.06 Å². The summed E-state index contributed by atoms with van der Waals surface area (Å²) in [4.78, 5) is 0. The highest BCUT2D eigenvalue weighted by Crippen LogP contribution is 2.38. The second-order valence-corrected chi connectivity index (χ2v) is 4.42. The molecular formula is C9H18N2O. The maximum atomic E-state index is 9.41. The average Bonchev–Trinajstić information content (AvgIpc) is 1.99. The molecule has 1 fully saturated rings. The van der Waals surface area contributed by atoms with Gasteiger partial charge in [0.2, 0.25) is 0 Å². The number of piperidine rings is 1. The number of hydrogen-bond acceptors (Lipinski definition) is 2. The smallest absolute Gasteiger partial charge is 0.126 e. The molecule has 12 heavy (non-hydrogen) atoms. The van der Waals surface area contributed by atoms with Gasteiger partial charge in [-0.25, -0.2) is 5.06 Å². The third-order valence-electron chi connectivity index (χ3n) is 3.32. The summed E-state index contributed by atoms with van der Waals surface area (Å²) in [5.41, 5.74) is -0.202. The van der Waals surface area contributed by atoms with Crippen molar-refractivity contribution < 1.29 is 5.21 Å². The van der Waals surface area contributed by atoms with Crippen LogP contribution < -0.4 is 0 Å². The highest BCUT2D eigenvalue weighted by atomic mass is 16.5. The van der Waals surface area contributed by atoms with Gasteiger partial charge in [0.05, 0.1) is 0 Å². The molecule has 70 valence electrons. The molecule has 1 saturated heterocycles. The Balaban J connectivity index is 2.90. The molecule has 2 N–H and O–H groups in total. The van der Waals surface area contributed by atoms with Crippen molar-refractivity contribution in [3.63, 3.8) is 0 Å². The van der Waals surface area contributed by atoms with E-state index in [1.165, 1.54) is 0 Å². The first-order valence-electron chi connectivity index (χ1n) is 4.42. The van der Waals surface area contributed by atoms with E-state index in [0.29, 0.717) is 24.2 Å². The predicted octanol–water partition coefficient (Wildman–Crippen LogP) is 1.97. The van der Waals surface area contributed by atoms with Gasteiger partial charge in [0.25, 0.3) is 0 Å². The Kier molecular flexibility index (Phi) is 2.17. The first kappa shape index (κ1) is 9.52. The SMILES string of the molecule is CC1CN(O)C(=N)C(C)(C)C1C. The van der Waals surface area contributed by atoms with Gasteiger partial charge in [0.1, 0.15) is 5.84 Å². The Morgan fingerprint density at radius 2 is 2.00 bits per heavy atom. The molecule has 1 heterocycles. The van der Waals surface area contributed by atoms with Gasteiger partial charge < -0.3 is 0 Å². The molecule has 0 aromatic carbocycles. The maximum Gasteiger partial charge on any atom is 0.126 e. The minimum Gasteiger partial charge on any atom is -0.287 e. The van der Waals surface area contributed by atoms with E-state index in [-0.39, 0.29) is 5.41 Å². The fourth-order valence-corrected chi connectivity index (χ4v) is 1.78. The van der Waals surface area contributed by atoms with Crippen LogP contribution in [0.15, 0.2) is 0 Å². The van der Waals surface area contributed by atoms with Crippen LogP contribution >= 0.6 is 0 Å². The predicted molar refractivity (Wildman–Crippen MR) is 48.3 cm³/mol. The standard InChI is InChI=1S/C9H18N2O/c1-6-5-11(12)8(10)9(3,4)7(6)2/h6-7,10,12H,5H2,1-4H3. The van der Waals surface area contributed by atoms with E-state index >= 15 is 0 Å². The van der Waals surface area contributed by atoms with Crippen LogP contribution in [0.1, 0.15) is 27.7 Å². The van der Waals surface area contributed by atoms with Crippen LogP contribution in [-0.4, -0.2) is 22.7 Å². The van der Waals surface area contributed by atoms with Gasteiger partial charge in [-0.1, -0.05) is 27.7 Å². The Morgan fingerprint density at radius 3 is 2.50 bits per heavy atom. The van der Waals surface area contributed by atoms with Crippen molar-refractivity contribution in [2.24, 2.45) is 17.3 Å². The number of hydrogen-bond donors (Lipinski definition) is 2. The van der Waals surface area contributed by atoms with Gasteiger partial charge in [-0.2, -0.15) is 0 Å². The molecule has 1 aliphatic heterocycles. The lowest BCUT2D eigenvalue weighted by Gasteiger charge is -2.44. The van der Waals surface area contributed by atoms with E-state index in [9.17, 15) is 5.21 Å². The van der Waals surface area contributed by atoms with Crippen molar-refractivity contribution in [3.05, 3.63) is 0 Å². The van der Waals surface area contributed by atoms with E-state index < -0.39 is 0 Å². The number of hydroxylamine groups is 2. The topological polar surface area (TPSA) is 47.3 Å². The summed E-state index contributed by atoms with van der Waals surface area (Å²) in [5.74, 6) is 1.24. The number of rotatable bonds is 0. The summed E-state index contributed by atoms with van der Waals surface area (Å²) < 4.78 is 0. The number of nitrogens with zero attached hydrogens (tertiary/aromatic N) is 1. The second-order valence-electron chi connectivity index (χ2n) is 4.42. The van der Waals surface area contributed by atoms with Crippen molar-refractivity contribution in [1.29, 1.82) is 5.41 Å². The van der Waals surface area contributed by atoms with Crippen molar-refractivity contribution in [3.8, 4) is 0 Å². The molecule has 1 aliphatic rings. The molecule has 0 spiro atoms. The van der Waals surface area contributed by atoms with Crippen LogP contribution in [0.4, 0.5) is 0 Å². The summed E-state index contributed by atoms with van der Waals surface area (Å²) in [7, 11) is 0. The zero-order chi connectivity index (χ0) is 9.52. The lowest BCUT2D eigenvalue weighted by atomic mass is 9.70. The Bertz CT molecular complexity index is 201. The Labute approximate surface area is 73.8 Å². The van der Waals surface area contributed by atoms with Crippen LogP contribution in [-0.2, 0) is 0 Å². The van der Waals surface area contributed by atoms with Crippen molar-refractivity contribution in [2.75, 3.05) is 6.54 Å². The summed E-state index contributed by atoms with van der Waals surface area (Å²) in [6.45, 7) is 8.87. The molecule has 0 aromatic rings. The summed E-state index contributed by atoms with van der Waals surface area (Å²) in [6.07, 6.45) is 0. The first-order chi connectivity index (χ1) is 5.37. The van der Waals surface area contributed by atoms with Crippen LogP contribution in [0, 0.1) is 22.7 Å². The molecule has 2 atom stereocenters. The summed E-state index contributed by atoms with van der Waals surface area (Å²) >= 11 is 0. The Hall–Kier alpha value is -0.570. The fraction of sp³-hybridized carbons (Fsp3) is 0.889. The molecule has 0 radical (unpaired) electrons. The quantitative estimate of drug-likeness (QED) is 0.584. The largest absolute Gasteiger partial charge is 0.287 e. The second kappa shape index (κ2) is 2.73. The first-order valence-corrected chi connectivity index (χ1v) is 4.42. The van der Waals surface area contributed by atoms with Gasteiger partial charge >= 0.3 is 0 Å². The van der Waals surface area contributed by atoms with Gasteiger partial charge in [-0.15, -0.1) is 0 Å². The van der Waals surface area contributed by atoms with E-state index in [4.69, 9.17) is 5.41 Å². The monoisotopic (exact) mass is 170 g/mol. The summed E-state index contributed by atoms with van der Waals surface area (Å²) in [5, 5.41) is 18.2. The van der Waals surface area contributed by atoms with Gasteiger partial charge in [0, 0.05) is 12.0 Å². The number of nitrogens with one attached hydrogen (secondary N) is 1. The molecule has 0 amide bonds. The van der Waals surface area contributed by atoms with E-state index in [1.807, 2.05) is 13.8 Å². The molecule has 0 aliphatic carbocycles. The highest BCUT2D eigenvalue weighted by molar-refractivity contribution is 5.84. The zero-order valence-electron chi connectivity index (χ0n) is 8.26. The van der Waals surface area contributed by atoms with Gasteiger partial charge in [-0.3, -0.25) is 10.6 Å². The lowest BCUT2D eigenvalue weighted by Crippen LogP contribution is -2.51. The zero-order valence-corrected chi connectivity index (χ0v) is 8.26. The van der Waals surface area contributed by atoms with Crippen molar-refractivity contribution in [1.82, 2.24) is 5.06 Å². The normalized spacial score (nSPS) is 35.4. The Morgan fingerprint density at radius 1 is 1.50 bits per heavy atom. The lowest BCUT2D eigenvalue weighted by molar-refractivity contribution is -0.0695. The molecule has 0 bridgehead atoms. The molecule has 1 rings (SSSR count). The van der Waals surface area contributed by atoms with Crippen molar-refractivity contribution >= 4 is 5.84 Å². The fourth-order valence-electron chi connectivity index (χ4n) is 1.78. The third-order valence-corrected chi connectivity index (χ3v) is 3.32. The molecule has 3 heteroatoms. The van der Waals surface area contributed by atoms with Crippen molar-refractivity contribution in [2.45, 2.75) is 27.7 Å². The average molecular weight is 170 g/mol. The molecular weight excluding hydrogens is 152 g/mol. The molecule has 0 aromatic heterocycles. The van der Waals surface area contributed by atoms with Gasteiger partial charge in [0.15, 0.2) is 0 Å². The maximum absolute atomic E-state index is 9.41. The van der Waals surface area contributed by atoms with Crippen LogP contribution in [0.25, 0.3) is 0 Å².